The van der Waals surface area contributed by atoms with Gasteiger partial charge in [-0.05, 0) is 68.7 Å². The van der Waals surface area contributed by atoms with E-state index in [0.29, 0.717) is 37.9 Å². The summed E-state index contributed by atoms with van der Waals surface area (Å²) >= 11 is 0. The summed E-state index contributed by atoms with van der Waals surface area (Å²) in [6.07, 6.45) is 6.50. The van der Waals surface area contributed by atoms with Crippen molar-refractivity contribution in [2.45, 2.75) is 56.3 Å². The number of anilines is 1. The molecule has 0 aliphatic carbocycles. The Hall–Kier alpha value is -1.93. The fourth-order valence-electron chi connectivity index (χ4n) is 4.60. The first-order chi connectivity index (χ1) is 13.9. The Morgan fingerprint density at radius 2 is 1.79 bits per heavy atom. The normalized spacial score (nSPS) is 23.8. The van der Waals surface area contributed by atoms with Crippen LogP contribution in [0.15, 0.2) is 23.1 Å². The van der Waals surface area contributed by atoms with Crippen molar-refractivity contribution in [3.05, 3.63) is 23.8 Å². The highest BCUT2D eigenvalue weighted by atomic mass is 32.2. The van der Waals surface area contributed by atoms with E-state index in [-0.39, 0.29) is 29.2 Å². The van der Waals surface area contributed by atoms with E-state index < -0.39 is 10.0 Å². The van der Waals surface area contributed by atoms with Gasteiger partial charge in [-0.1, -0.05) is 0 Å². The van der Waals surface area contributed by atoms with E-state index in [1.807, 2.05) is 4.90 Å². The number of carbonyl (C=O) groups excluding carboxylic acids is 2. The average Bonchev–Trinajstić information content (AvgIpc) is 2.93. The van der Waals surface area contributed by atoms with Gasteiger partial charge in [0.1, 0.15) is 0 Å². The summed E-state index contributed by atoms with van der Waals surface area (Å²) in [5.41, 5.74) is 1.55. The van der Waals surface area contributed by atoms with Crippen LogP contribution in [-0.4, -0.2) is 55.6 Å². The number of nitrogens with one attached hydrogen (secondary N) is 1. The molecule has 3 heterocycles. The molecule has 0 saturated carbocycles. The van der Waals surface area contributed by atoms with Gasteiger partial charge >= 0.3 is 0 Å². The third-order valence-corrected chi connectivity index (χ3v) is 8.10. The van der Waals surface area contributed by atoms with Gasteiger partial charge in [-0.3, -0.25) is 9.59 Å². The first-order valence-corrected chi connectivity index (χ1v) is 12.1. The lowest BCUT2D eigenvalue weighted by atomic mass is 9.97. The van der Waals surface area contributed by atoms with Gasteiger partial charge < -0.3 is 10.2 Å². The number of hydrogen-bond donors (Lipinski definition) is 1. The highest BCUT2D eigenvalue weighted by Crippen LogP contribution is 2.29. The van der Waals surface area contributed by atoms with Crippen LogP contribution in [-0.2, 0) is 26.0 Å². The fourth-order valence-corrected chi connectivity index (χ4v) is 6.17. The highest BCUT2D eigenvalue weighted by Gasteiger charge is 2.35. The summed E-state index contributed by atoms with van der Waals surface area (Å²) < 4.78 is 28.0. The molecule has 3 aliphatic heterocycles. The number of sulfonamides is 1. The lowest BCUT2D eigenvalue weighted by molar-refractivity contribution is -0.137. The van der Waals surface area contributed by atoms with Crippen molar-refractivity contribution in [2.24, 2.45) is 5.92 Å². The summed E-state index contributed by atoms with van der Waals surface area (Å²) in [6.45, 7) is 2.28. The standard InChI is InChI=1S/C21H29N3O4S/c25-20-8-4-6-16-14-18(9-10-19(16)22-20)29(27,28)24-13-5-7-17(15-24)21(26)23-11-2-1-3-12-23/h9-10,14,17H,1-8,11-13,15H2,(H,22,25). The molecule has 7 nitrogen and oxygen atoms in total. The number of carbonyl (C=O) groups is 2. The summed E-state index contributed by atoms with van der Waals surface area (Å²) in [4.78, 5) is 26.8. The summed E-state index contributed by atoms with van der Waals surface area (Å²) in [6, 6.07) is 4.94. The maximum absolute atomic E-state index is 13.3. The van der Waals surface area contributed by atoms with Crippen molar-refractivity contribution < 1.29 is 18.0 Å². The Morgan fingerprint density at radius 3 is 2.59 bits per heavy atom. The molecular formula is C21H29N3O4S. The maximum atomic E-state index is 13.3. The van der Waals surface area contributed by atoms with E-state index in [2.05, 4.69) is 5.32 Å². The van der Waals surface area contributed by atoms with Gasteiger partial charge in [0.05, 0.1) is 10.8 Å². The molecule has 0 spiro atoms. The van der Waals surface area contributed by atoms with E-state index >= 15 is 0 Å². The number of rotatable bonds is 3. The number of amides is 2. The van der Waals surface area contributed by atoms with Crippen LogP contribution < -0.4 is 5.32 Å². The molecule has 1 aromatic carbocycles. The zero-order valence-corrected chi connectivity index (χ0v) is 17.5. The SMILES string of the molecule is O=C1CCCc2cc(S(=O)(=O)N3CCCC(C(=O)N4CCCCC4)C3)ccc2N1. The molecule has 1 atom stereocenters. The largest absolute Gasteiger partial charge is 0.342 e. The van der Waals surface area contributed by atoms with Gasteiger partial charge in [0.15, 0.2) is 0 Å². The van der Waals surface area contributed by atoms with Crippen molar-refractivity contribution in [3.63, 3.8) is 0 Å². The molecule has 0 aromatic heterocycles. The van der Waals surface area contributed by atoms with Crippen LogP contribution in [0.4, 0.5) is 5.69 Å². The van der Waals surface area contributed by atoms with E-state index in [1.54, 1.807) is 18.2 Å². The van der Waals surface area contributed by atoms with Gasteiger partial charge in [0, 0.05) is 38.3 Å². The van der Waals surface area contributed by atoms with Gasteiger partial charge in [-0.15, -0.1) is 0 Å². The second-order valence-electron chi connectivity index (χ2n) is 8.31. The second kappa shape index (κ2) is 8.44. The average molecular weight is 420 g/mol. The molecule has 1 aromatic rings. The lowest BCUT2D eigenvalue weighted by Crippen LogP contribution is -2.47. The van der Waals surface area contributed by atoms with Crippen molar-refractivity contribution in [1.29, 1.82) is 0 Å². The minimum atomic E-state index is -3.67. The smallest absolute Gasteiger partial charge is 0.243 e. The third-order valence-electron chi connectivity index (χ3n) is 6.24. The van der Waals surface area contributed by atoms with Crippen LogP contribution in [0.5, 0.6) is 0 Å². The minimum Gasteiger partial charge on any atom is -0.342 e. The highest BCUT2D eigenvalue weighted by molar-refractivity contribution is 7.89. The Kier molecular flexibility index (Phi) is 5.92. The molecule has 2 fully saturated rings. The van der Waals surface area contributed by atoms with E-state index in [9.17, 15) is 18.0 Å². The molecule has 1 unspecified atom stereocenters. The topological polar surface area (TPSA) is 86.8 Å². The zero-order valence-electron chi connectivity index (χ0n) is 16.7. The number of likely N-dealkylation sites (tertiary alicyclic amines) is 1. The molecule has 8 heteroatoms. The van der Waals surface area contributed by atoms with Crippen molar-refractivity contribution in [2.75, 3.05) is 31.5 Å². The van der Waals surface area contributed by atoms with Crippen molar-refractivity contribution in [1.82, 2.24) is 9.21 Å². The molecule has 2 saturated heterocycles. The number of fused-ring (bicyclic) bond motifs is 1. The van der Waals surface area contributed by atoms with Crippen LogP contribution in [0.2, 0.25) is 0 Å². The monoisotopic (exact) mass is 419 g/mol. The van der Waals surface area contributed by atoms with Crippen molar-refractivity contribution in [3.8, 4) is 0 Å². The maximum Gasteiger partial charge on any atom is 0.243 e. The Labute approximate surface area is 172 Å². The third kappa shape index (κ3) is 4.33. The lowest BCUT2D eigenvalue weighted by Gasteiger charge is -2.35. The van der Waals surface area contributed by atoms with Gasteiger partial charge in [-0.2, -0.15) is 4.31 Å². The molecule has 29 heavy (non-hydrogen) atoms. The summed E-state index contributed by atoms with van der Waals surface area (Å²) in [7, 11) is -3.67. The first kappa shape index (κ1) is 20.3. The zero-order chi connectivity index (χ0) is 20.4. The number of nitrogens with zero attached hydrogens (tertiary/aromatic N) is 2. The van der Waals surface area contributed by atoms with Crippen LogP contribution in [0.25, 0.3) is 0 Å². The Balaban J connectivity index is 1.51. The molecule has 2 amide bonds. The van der Waals surface area contributed by atoms with E-state index in [4.69, 9.17) is 0 Å². The van der Waals surface area contributed by atoms with Crippen molar-refractivity contribution >= 4 is 27.5 Å². The quantitative estimate of drug-likeness (QED) is 0.815. The number of benzene rings is 1. The molecular weight excluding hydrogens is 390 g/mol. The van der Waals surface area contributed by atoms with Crippen LogP contribution in [0.1, 0.15) is 50.5 Å². The number of piperidine rings is 2. The first-order valence-electron chi connectivity index (χ1n) is 10.7. The predicted molar refractivity (Wildman–Crippen MR) is 110 cm³/mol. The predicted octanol–water partition coefficient (Wildman–Crippen LogP) is 2.37. The second-order valence-corrected chi connectivity index (χ2v) is 10.2. The van der Waals surface area contributed by atoms with E-state index in [1.165, 1.54) is 4.31 Å². The summed E-state index contributed by atoms with van der Waals surface area (Å²) in [5.74, 6) is -0.180. The molecule has 0 radical (unpaired) electrons. The van der Waals surface area contributed by atoms with Crippen LogP contribution in [0.3, 0.4) is 0 Å². The number of hydrogen-bond acceptors (Lipinski definition) is 4. The molecule has 3 aliphatic rings. The van der Waals surface area contributed by atoms with Crippen LogP contribution in [0, 0.1) is 5.92 Å². The van der Waals surface area contributed by atoms with E-state index in [0.717, 1.165) is 44.3 Å². The Morgan fingerprint density at radius 1 is 1.00 bits per heavy atom. The minimum absolute atomic E-state index is 0.0329. The summed E-state index contributed by atoms with van der Waals surface area (Å²) in [5, 5.41) is 2.84. The fraction of sp³-hybridized carbons (Fsp3) is 0.619. The Bertz CT molecular complexity index is 893. The van der Waals surface area contributed by atoms with Gasteiger partial charge in [0.2, 0.25) is 21.8 Å². The van der Waals surface area contributed by atoms with Gasteiger partial charge in [-0.25, -0.2) is 8.42 Å². The molecule has 0 bridgehead atoms. The molecule has 4 rings (SSSR count). The molecule has 158 valence electrons. The molecule has 1 N–H and O–H groups in total. The van der Waals surface area contributed by atoms with Crippen LogP contribution >= 0.6 is 0 Å². The van der Waals surface area contributed by atoms with Gasteiger partial charge in [0.25, 0.3) is 0 Å². The number of aryl methyl sites for hydroxylation is 1.